The molecule has 10 fully saturated rings. The predicted octanol–water partition coefficient (Wildman–Crippen LogP) is -22.0. The van der Waals surface area contributed by atoms with Gasteiger partial charge in [0, 0.05) is 0 Å². The van der Waals surface area contributed by atoms with Gasteiger partial charge in [-0.1, -0.05) is 0 Å². The van der Waals surface area contributed by atoms with Crippen molar-refractivity contribution >= 4 is 11.9 Å². The van der Waals surface area contributed by atoms with Crippen LogP contribution < -0.4 is 0 Å². The van der Waals surface area contributed by atoms with Gasteiger partial charge in [-0.25, -0.2) is 9.59 Å². The Balaban J connectivity index is 0.885. The summed E-state index contributed by atoms with van der Waals surface area (Å²) in [6, 6.07) is 0. The minimum Gasteiger partial charge on any atom is -0.479 e. The fourth-order valence-electron chi connectivity index (χ4n) is 14.1. The summed E-state index contributed by atoms with van der Waals surface area (Å²) in [7, 11) is 0. The first-order valence-corrected chi connectivity index (χ1v) is 34.6. The number of carbonyl (C=O) groups is 2. The fraction of sp³-hybridized carbons (Fsp3) is 0.966. The molecule has 0 amide bonds. The van der Waals surface area contributed by atoms with Crippen LogP contribution in [-0.2, 0) is 99.6 Å². The van der Waals surface area contributed by atoms with Crippen LogP contribution in [0.1, 0.15) is 0 Å². The molecule has 0 saturated carbocycles. The number of carboxylic acids is 2. The van der Waals surface area contributed by atoms with E-state index in [-0.39, 0.29) is 0 Å². The molecule has 10 rings (SSSR count). The van der Waals surface area contributed by atoms with Gasteiger partial charge in [-0.3, -0.25) is 0 Å². The van der Waals surface area contributed by atoms with Crippen LogP contribution in [-0.4, -0.2) is 524 Å². The van der Waals surface area contributed by atoms with E-state index in [4.69, 9.17) is 90.0 Å². The third-order valence-corrected chi connectivity index (χ3v) is 20.4. The van der Waals surface area contributed by atoms with Crippen LogP contribution in [0.5, 0.6) is 0 Å². The first kappa shape index (κ1) is 90.3. The Bertz CT molecular complexity index is 2910. The van der Waals surface area contributed by atoms with Crippen LogP contribution in [0, 0.1) is 0 Å². The second-order valence-electron chi connectivity index (χ2n) is 27.6. The molecule has 49 atom stereocenters. The van der Waals surface area contributed by atoms with E-state index in [1.807, 2.05) is 0 Å². The van der Waals surface area contributed by atoms with Gasteiger partial charge in [0.2, 0.25) is 0 Å². The highest BCUT2D eigenvalue weighted by Crippen LogP contribution is 2.41. The summed E-state index contributed by atoms with van der Waals surface area (Å²) in [5, 5.41) is 339. The lowest BCUT2D eigenvalue weighted by atomic mass is 9.94. The minimum absolute atomic E-state index is 0.576. The number of rotatable bonds is 27. The summed E-state index contributed by atoms with van der Waals surface area (Å²) in [6.45, 7) is -9.00. The Labute approximate surface area is 622 Å². The van der Waals surface area contributed by atoms with Crippen molar-refractivity contribution in [2.24, 2.45) is 0 Å². The molecule has 0 aromatic heterocycles. The van der Waals surface area contributed by atoms with Crippen molar-refractivity contribution in [1.29, 1.82) is 0 Å². The van der Waals surface area contributed by atoms with Crippen LogP contribution in [0.15, 0.2) is 0 Å². The zero-order chi connectivity index (χ0) is 81.5. The maximum Gasteiger partial charge on any atom is 0.335 e. The molecule has 0 spiro atoms. The van der Waals surface area contributed by atoms with Gasteiger partial charge in [0.1, 0.15) is 226 Å². The van der Waals surface area contributed by atoms with Crippen molar-refractivity contribution in [3.63, 3.8) is 0 Å². The van der Waals surface area contributed by atoms with Gasteiger partial charge in [0.15, 0.2) is 75.1 Å². The summed E-state index contributed by atoms with van der Waals surface area (Å²) in [4.78, 5) is 24.4. The molecule has 31 N–H and O–H groups in total. The second-order valence-corrected chi connectivity index (χ2v) is 27.6. The molecule has 52 heteroatoms. The molecule has 10 aliphatic heterocycles. The lowest BCUT2D eigenvalue weighted by Crippen LogP contribution is -2.70. The van der Waals surface area contributed by atoms with E-state index in [2.05, 4.69) is 0 Å². The maximum absolute atomic E-state index is 12.3. The SMILES string of the molecule is O=C(O)[C@H]1O[C@@H](O[C@@H]2[C@H](O[C@H]3[C@H](O)[C@@H](CO)O[C@H](O)[C@H]3O[C@@H]3O[C@H](C(=O)O)[C@@H](O)[C@H](O)[C@H]3O)O[C@H](CO)[C@@H](O)[C@@H]2O[C@H]2O[C@H](CO)[C@@H](O)[C@H](O[C@H]3O[C@H](CO)[C@@H](O)[C@H](O[C@H]4O[C@H](CO)[C@@H](O)[C@H](O[C@H]5O[C@H](CO)[C@@H](O)[C@H](O[C@H]6O[C@H](CO)[C@@H](O[C@@H]7OC[C@@H](O)[C@H](O)[C@H]7O)[C@H](O)[C@@H]6O)[C@@H]5O)[C@@H]4O)[C@@H]3O)[C@@H]2O)[C@H](O)[C@@H](O)[C@@H]1O. The van der Waals surface area contributed by atoms with Gasteiger partial charge in [0.25, 0.3) is 0 Å². The van der Waals surface area contributed by atoms with Crippen LogP contribution in [0.3, 0.4) is 0 Å². The summed E-state index contributed by atoms with van der Waals surface area (Å²) in [5.41, 5.74) is 0. The molecule has 111 heavy (non-hydrogen) atoms. The number of aliphatic hydroxyl groups is 29. The van der Waals surface area contributed by atoms with E-state index in [1.165, 1.54) is 0 Å². The average Bonchev–Trinajstić information content (AvgIpc) is 0.760. The minimum atomic E-state index is -2.63. The summed E-state index contributed by atoms with van der Waals surface area (Å²) in [6.07, 6.45) is -111. The quantitative estimate of drug-likeness (QED) is 0.0363. The number of ether oxygens (including phenoxy) is 19. The number of aliphatic carboxylic acids is 2. The first-order chi connectivity index (χ1) is 52.5. The molecule has 0 bridgehead atoms. The van der Waals surface area contributed by atoms with Crippen molar-refractivity contribution < 1.29 is 258 Å². The van der Waals surface area contributed by atoms with E-state index in [1.54, 1.807) is 0 Å². The van der Waals surface area contributed by atoms with Crippen molar-refractivity contribution in [1.82, 2.24) is 0 Å². The molecule has 0 aromatic rings. The Kier molecular flexibility index (Phi) is 31.2. The average molecular weight is 1640 g/mol. The van der Waals surface area contributed by atoms with Crippen LogP contribution in [0.4, 0.5) is 0 Å². The Hall–Kier alpha value is -2.98. The fourth-order valence-corrected chi connectivity index (χ4v) is 14.1. The molecule has 52 nitrogen and oxygen atoms in total. The van der Waals surface area contributed by atoms with E-state index in [0.717, 1.165) is 0 Å². The molecule has 0 radical (unpaired) electrons. The third kappa shape index (κ3) is 18.6. The normalized spacial score (nSPS) is 53.0. The molecule has 644 valence electrons. The smallest absolute Gasteiger partial charge is 0.335 e. The molecular formula is C59H96O52. The van der Waals surface area contributed by atoms with Gasteiger partial charge < -0.3 is 248 Å². The molecule has 10 heterocycles. The highest BCUT2D eigenvalue weighted by Gasteiger charge is 2.62. The van der Waals surface area contributed by atoms with Gasteiger partial charge in [-0.2, -0.15) is 0 Å². The van der Waals surface area contributed by atoms with Gasteiger partial charge in [0.05, 0.1) is 52.9 Å². The van der Waals surface area contributed by atoms with Crippen LogP contribution in [0.2, 0.25) is 0 Å². The lowest BCUT2D eigenvalue weighted by Gasteiger charge is -2.51. The zero-order valence-electron chi connectivity index (χ0n) is 57.4. The van der Waals surface area contributed by atoms with Crippen molar-refractivity contribution in [3.05, 3.63) is 0 Å². The molecule has 10 aliphatic rings. The third-order valence-electron chi connectivity index (χ3n) is 20.4. The highest BCUT2D eigenvalue weighted by molar-refractivity contribution is 5.74. The summed E-state index contributed by atoms with van der Waals surface area (Å²) < 4.78 is 107. The topological polar surface area (TPSA) is 837 Å². The molecular weight excluding hydrogens is 1540 g/mol. The number of aliphatic hydroxyl groups excluding tert-OH is 29. The van der Waals surface area contributed by atoms with Crippen molar-refractivity contribution in [2.45, 2.75) is 301 Å². The highest BCUT2D eigenvalue weighted by atomic mass is 16.8. The van der Waals surface area contributed by atoms with Crippen LogP contribution in [0.25, 0.3) is 0 Å². The monoisotopic (exact) mass is 1640 g/mol. The summed E-state index contributed by atoms with van der Waals surface area (Å²) in [5.74, 6) is -3.95. The molecule has 0 aromatic carbocycles. The first-order valence-electron chi connectivity index (χ1n) is 34.6. The Morgan fingerprint density at radius 1 is 0.225 bits per heavy atom. The summed E-state index contributed by atoms with van der Waals surface area (Å²) >= 11 is 0. The Morgan fingerprint density at radius 2 is 0.477 bits per heavy atom. The standard InChI is InChI=1S/C59H96O52/c60-1-10-22(73)42(46(50(92)94-10)110-53-30(81)24(75)26(77)44(108-53)48(88)89)107-59-47(111-54-31(82)25(76)27(78)45(109-54)49(90)91)43(23(74)15(6-65)99-59)106-58-36(87)41(21(72)14(5-64)98-58)105-57-35(86)40(20(71)13(4-63)97-57)104-56-34(85)39(19(70)12(3-62)96-56)103-55-33(84)38(18(69)11(2-61)95-55)102-52-32(83)28(79)37(16(7-66)100-52)101-51-29(80)17(68)9(67)8-93-51/h9-47,50-87,92H,1-8H2,(H,88,89)(H,90,91)/t9-,10-,11-,12-,13-,14-,15-,16-,17+,18-,19-,20-,21-,22-,23-,24+,25+,26+,27+,28-,29-,30-,31-,32+,33+,34+,35+,36+,37-,38+,39+,40+,41+,42+,43+,44+,45+,46+,47+,50+,51+,52-,53+,54+,55-,56-,57-,58-,59+/m1/s1. The predicted molar refractivity (Wildman–Crippen MR) is 325 cm³/mol. The van der Waals surface area contributed by atoms with Gasteiger partial charge >= 0.3 is 11.9 Å². The zero-order valence-corrected chi connectivity index (χ0v) is 57.4. The number of hydrogen-bond acceptors (Lipinski definition) is 50. The molecule has 10 saturated heterocycles. The lowest BCUT2D eigenvalue weighted by molar-refractivity contribution is -0.416. The second kappa shape index (κ2) is 38.4. The largest absolute Gasteiger partial charge is 0.479 e. The maximum atomic E-state index is 12.3. The van der Waals surface area contributed by atoms with Gasteiger partial charge in [-0.15, -0.1) is 0 Å². The van der Waals surface area contributed by atoms with Crippen molar-refractivity contribution in [3.8, 4) is 0 Å². The number of hydrogen-bond donors (Lipinski definition) is 31. The number of carboxylic acid groups (broad SMARTS) is 2. The van der Waals surface area contributed by atoms with E-state index >= 15 is 0 Å². The van der Waals surface area contributed by atoms with E-state index < -0.39 is 366 Å². The van der Waals surface area contributed by atoms with Gasteiger partial charge in [-0.05, 0) is 0 Å². The molecule has 0 unspecified atom stereocenters. The van der Waals surface area contributed by atoms with E-state index in [0.29, 0.717) is 0 Å². The molecule has 0 aliphatic carbocycles. The Morgan fingerprint density at radius 3 is 0.838 bits per heavy atom. The van der Waals surface area contributed by atoms with E-state index in [9.17, 15) is 168 Å². The van der Waals surface area contributed by atoms with Crippen LogP contribution >= 0.6 is 0 Å². The van der Waals surface area contributed by atoms with Crippen molar-refractivity contribution in [2.75, 3.05) is 52.9 Å².